The third kappa shape index (κ3) is 4.10. The van der Waals surface area contributed by atoms with Crippen molar-refractivity contribution in [3.63, 3.8) is 0 Å². The molecule has 0 fully saturated rings. The first kappa shape index (κ1) is 13.6. The average Bonchev–Trinajstić information content (AvgIpc) is 2.92. The highest BCUT2D eigenvalue weighted by Gasteiger charge is 2.08. The van der Waals surface area contributed by atoms with Crippen molar-refractivity contribution in [2.75, 3.05) is 5.88 Å². The Bertz CT molecular complexity index is 525. The molecule has 1 aromatic heterocycles. The molecule has 2 rings (SSSR count). The van der Waals surface area contributed by atoms with E-state index in [4.69, 9.17) is 16.4 Å². The number of Topliss-reactive ketones (excluding diaryl/α,β-unsaturated/α-hetero) is 1. The van der Waals surface area contributed by atoms with Gasteiger partial charge in [0.25, 0.3) is 0 Å². The van der Waals surface area contributed by atoms with E-state index in [9.17, 15) is 4.79 Å². The molecule has 5 heteroatoms. The summed E-state index contributed by atoms with van der Waals surface area (Å²) in [6.45, 7) is 0.415. The number of rotatable bonds is 7. The fraction of sp³-hybridized carbons (Fsp3) is 0.286. The molecule has 0 N–H and O–H groups in total. The smallest absolute Gasteiger partial charge is 0.166 e. The maximum atomic E-state index is 11.7. The lowest BCUT2D eigenvalue weighted by molar-refractivity contribution is 0.0696. The van der Waals surface area contributed by atoms with Crippen LogP contribution in [0.2, 0.25) is 0 Å². The molecule has 0 unspecified atom stereocenters. The molecule has 0 spiro atoms. The second-order valence-corrected chi connectivity index (χ2v) is 4.48. The van der Waals surface area contributed by atoms with Crippen molar-refractivity contribution in [1.82, 2.24) is 9.94 Å². The first-order chi connectivity index (χ1) is 9.29. The van der Waals surface area contributed by atoms with Crippen LogP contribution in [0.15, 0.2) is 42.7 Å². The third-order valence-electron chi connectivity index (χ3n) is 2.63. The number of benzene rings is 1. The average molecular weight is 279 g/mol. The first-order valence-electron chi connectivity index (χ1n) is 6.10. The molecule has 2 aromatic rings. The maximum absolute atomic E-state index is 11.7. The maximum Gasteiger partial charge on any atom is 0.166 e. The van der Waals surface area contributed by atoms with Gasteiger partial charge in [-0.25, -0.2) is 0 Å². The molecule has 0 amide bonds. The predicted molar refractivity (Wildman–Crippen MR) is 73.2 cm³/mol. The second kappa shape index (κ2) is 6.95. The van der Waals surface area contributed by atoms with Gasteiger partial charge in [0, 0.05) is 12.3 Å². The molecule has 1 heterocycles. The summed E-state index contributed by atoms with van der Waals surface area (Å²) < 4.78 is 0. The molecule has 1 aromatic carbocycles. The summed E-state index contributed by atoms with van der Waals surface area (Å²) in [4.78, 5) is 18.5. The van der Waals surface area contributed by atoms with E-state index < -0.39 is 0 Å². The zero-order valence-corrected chi connectivity index (χ0v) is 11.2. The molecule has 0 atom stereocenters. The number of nitrogens with zero attached hydrogens (tertiary/aromatic N) is 2. The minimum atomic E-state index is 0.0372. The zero-order chi connectivity index (χ0) is 13.5. The Morgan fingerprint density at radius 2 is 2.11 bits per heavy atom. The molecule has 0 aliphatic carbocycles. The molecule has 0 aliphatic heterocycles. The van der Waals surface area contributed by atoms with Gasteiger partial charge in [0.1, 0.15) is 6.61 Å². The monoisotopic (exact) mass is 278 g/mol. The van der Waals surface area contributed by atoms with E-state index in [1.807, 2.05) is 30.3 Å². The summed E-state index contributed by atoms with van der Waals surface area (Å²) in [5.74, 6) is 0.528. The summed E-state index contributed by atoms with van der Waals surface area (Å²) in [6, 6.07) is 9.78. The van der Waals surface area contributed by atoms with Crippen molar-refractivity contribution in [1.29, 1.82) is 0 Å². The van der Waals surface area contributed by atoms with Gasteiger partial charge in [-0.2, -0.15) is 0 Å². The number of carbonyl (C=O) groups is 1. The van der Waals surface area contributed by atoms with Gasteiger partial charge in [-0.1, -0.05) is 30.3 Å². The second-order valence-electron chi connectivity index (χ2n) is 4.11. The summed E-state index contributed by atoms with van der Waals surface area (Å²) >= 11 is 5.56. The largest absolute Gasteiger partial charge is 0.392 e. The van der Waals surface area contributed by atoms with E-state index in [0.717, 1.165) is 5.56 Å². The van der Waals surface area contributed by atoms with E-state index in [-0.39, 0.29) is 5.78 Å². The van der Waals surface area contributed by atoms with Crippen LogP contribution in [-0.2, 0) is 6.61 Å². The predicted octanol–water partition coefficient (Wildman–Crippen LogP) is 2.71. The molecule has 0 bridgehead atoms. The van der Waals surface area contributed by atoms with Gasteiger partial charge in [-0.15, -0.1) is 21.5 Å². The van der Waals surface area contributed by atoms with Gasteiger partial charge >= 0.3 is 0 Å². The number of halogens is 1. The Hall–Kier alpha value is -1.81. The zero-order valence-electron chi connectivity index (χ0n) is 10.5. The Kier molecular flexibility index (Phi) is 4.98. The van der Waals surface area contributed by atoms with Crippen LogP contribution in [0.5, 0.6) is 0 Å². The quantitative estimate of drug-likeness (QED) is 0.578. The number of carbonyl (C=O) groups excluding carboxylic acids is 1. The molecule has 0 saturated carbocycles. The molecule has 0 saturated heterocycles. The van der Waals surface area contributed by atoms with Crippen molar-refractivity contribution in [3.05, 3.63) is 53.9 Å². The summed E-state index contributed by atoms with van der Waals surface area (Å²) in [5.41, 5.74) is 1.60. The van der Waals surface area contributed by atoms with E-state index in [2.05, 4.69) is 5.10 Å². The van der Waals surface area contributed by atoms with Crippen molar-refractivity contribution >= 4 is 17.4 Å². The SMILES string of the molecule is O=C(CCCCl)c1cnn(OCc2ccccc2)c1. The molecule has 0 aliphatic rings. The van der Waals surface area contributed by atoms with Gasteiger partial charge in [-0.05, 0) is 12.0 Å². The standard InChI is InChI=1S/C14H15ClN2O2/c15-8-4-7-14(18)13-9-16-17(10-13)19-11-12-5-2-1-3-6-12/h1-3,5-6,9-10H,4,7-8,11H2. The lowest BCUT2D eigenvalue weighted by Gasteiger charge is -2.04. The lowest BCUT2D eigenvalue weighted by atomic mass is 10.1. The lowest BCUT2D eigenvalue weighted by Crippen LogP contribution is -2.11. The Morgan fingerprint density at radius 1 is 1.32 bits per heavy atom. The number of ketones is 1. The number of hydrogen-bond acceptors (Lipinski definition) is 3. The highest BCUT2D eigenvalue weighted by Crippen LogP contribution is 2.05. The van der Waals surface area contributed by atoms with Gasteiger partial charge in [-0.3, -0.25) is 4.79 Å². The fourth-order valence-electron chi connectivity index (χ4n) is 1.61. The molecule has 100 valence electrons. The molecular formula is C14H15ClN2O2. The summed E-state index contributed by atoms with van der Waals surface area (Å²) in [5, 5.41) is 4.00. The molecule has 4 nitrogen and oxygen atoms in total. The van der Waals surface area contributed by atoms with Crippen molar-refractivity contribution < 1.29 is 9.63 Å². The molecule has 0 radical (unpaired) electrons. The van der Waals surface area contributed by atoms with Crippen LogP contribution in [0.25, 0.3) is 0 Å². The summed E-state index contributed by atoms with van der Waals surface area (Å²) in [7, 11) is 0. The van der Waals surface area contributed by atoms with Crippen LogP contribution in [0.1, 0.15) is 28.8 Å². The number of alkyl halides is 1. The van der Waals surface area contributed by atoms with E-state index in [1.165, 1.54) is 11.0 Å². The van der Waals surface area contributed by atoms with E-state index in [1.54, 1.807) is 6.20 Å². The van der Waals surface area contributed by atoms with Gasteiger partial charge < -0.3 is 4.84 Å². The normalized spacial score (nSPS) is 10.4. The Balaban J connectivity index is 1.89. The van der Waals surface area contributed by atoms with E-state index >= 15 is 0 Å². The van der Waals surface area contributed by atoms with Gasteiger partial charge in [0.2, 0.25) is 0 Å². The Morgan fingerprint density at radius 3 is 2.84 bits per heavy atom. The first-order valence-corrected chi connectivity index (χ1v) is 6.64. The summed E-state index contributed by atoms with van der Waals surface area (Å²) in [6.07, 6.45) is 4.23. The van der Waals surface area contributed by atoms with Crippen LogP contribution in [-0.4, -0.2) is 21.6 Å². The van der Waals surface area contributed by atoms with Crippen molar-refractivity contribution in [2.24, 2.45) is 0 Å². The minimum absolute atomic E-state index is 0.0372. The number of aromatic nitrogens is 2. The van der Waals surface area contributed by atoms with E-state index in [0.29, 0.717) is 30.9 Å². The van der Waals surface area contributed by atoms with Crippen molar-refractivity contribution in [3.8, 4) is 0 Å². The van der Waals surface area contributed by atoms with Crippen LogP contribution in [0.4, 0.5) is 0 Å². The van der Waals surface area contributed by atoms with Crippen LogP contribution < -0.4 is 4.84 Å². The van der Waals surface area contributed by atoms with Crippen LogP contribution in [0, 0.1) is 0 Å². The van der Waals surface area contributed by atoms with Crippen molar-refractivity contribution in [2.45, 2.75) is 19.4 Å². The molecule has 19 heavy (non-hydrogen) atoms. The van der Waals surface area contributed by atoms with Crippen LogP contribution in [0.3, 0.4) is 0 Å². The Labute approximate surface area is 116 Å². The minimum Gasteiger partial charge on any atom is -0.392 e. The fourth-order valence-corrected chi connectivity index (χ4v) is 1.74. The van der Waals surface area contributed by atoms with Gasteiger partial charge in [0.15, 0.2) is 5.78 Å². The van der Waals surface area contributed by atoms with Crippen LogP contribution >= 0.6 is 11.6 Å². The highest BCUT2D eigenvalue weighted by molar-refractivity contribution is 6.18. The highest BCUT2D eigenvalue weighted by atomic mass is 35.5. The number of hydrogen-bond donors (Lipinski definition) is 0. The third-order valence-corrected chi connectivity index (χ3v) is 2.89. The topological polar surface area (TPSA) is 44.1 Å². The van der Waals surface area contributed by atoms with Gasteiger partial charge in [0.05, 0.1) is 18.0 Å². The molecular weight excluding hydrogens is 264 g/mol.